The number of ether oxygens (including phenoxy) is 3. The lowest BCUT2D eigenvalue weighted by molar-refractivity contribution is -0.0209. The van der Waals surface area contributed by atoms with Crippen molar-refractivity contribution in [2.75, 3.05) is 14.2 Å². The first kappa shape index (κ1) is 18.5. The molecule has 0 amide bonds. The first-order valence-electron chi connectivity index (χ1n) is 9.77. The summed E-state index contributed by atoms with van der Waals surface area (Å²) in [7, 11) is 3.28. The zero-order valence-electron chi connectivity index (χ0n) is 16.7. The molecule has 0 fully saturated rings. The number of benzene rings is 3. The van der Waals surface area contributed by atoms with E-state index in [1.54, 1.807) is 26.4 Å². The zero-order valence-corrected chi connectivity index (χ0v) is 16.7. The molecule has 5 rings (SSSR count). The van der Waals surface area contributed by atoms with E-state index >= 15 is 0 Å². The first-order valence-corrected chi connectivity index (χ1v) is 9.77. The Bertz CT molecular complexity index is 1100. The molecule has 0 radical (unpaired) electrons. The molecule has 2 aliphatic heterocycles. The molecule has 2 heterocycles. The van der Waals surface area contributed by atoms with Crippen LogP contribution in [0.4, 0.5) is 4.39 Å². The Balaban J connectivity index is 1.59. The summed E-state index contributed by atoms with van der Waals surface area (Å²) in [5, 5.41) is 6.88. The van der Waals surface area contributed by atoms with Gasteiger partial charge in [-0.2, -0.15) is 5.10 Å². The highest BCUT2D eigenvalue weighted by molar-refractivity contribution is 6.02. The molecule has 0 unspecified atom stereocenters. The fourth-order valence-corrected chi connectivity index (χ4v) is 4.05. The lowest BCUT2D eigenvalue weighted by atomic mass is 9.95. The van der Waals surface area contributed by atoms with Crippen molar-refractivity contribution in [3.63, 3.8) is 0 Å². The van der Waals surface area contributed by atoms with E-state index in [1.165, 1.54) is 12.1 Å². The monoisotopic (exact) mass is 404 g/mol. The zero-order chi connectivity index (χ0) is 20.7. The number of rotatable bonds is 4. The second-order valence-corrected chi connectivity index (χ2v) is 7.28. The highest BCUT2D eigenvalue weighted by Gasteiger charge is 2.42. The van der Waals surface area contributed by atoms with Crippen LogP contribution in [-0.4, -0.2) is 24.9 Å². The van der Waals surface area contributed by atoms with Gasteiger partial charge in [0, 0.05) is 17.5 Å². The predicted octanol–water partition coefficient (Wildman–Crippen LogP) is 5.09. The Morgan fingerprint density at radius 2 is 1.73 bits per heavy atom. The molecule has 0 saturated carbocycles. The number of halogens is 1. The van der Waals surface area contributed by atoms with Crippen LogP contribution in [0.5, 0.6) is 17.2 Å². The van der Waals surface area contributed by atoms with Crippen LogP contribution in [0.3, 0.4) is 0 Å². The molecule has 0 saturated heterocycles. The van der Waals surface area contributed by atoms with E-state index in [0.29, 0.717) is 12.2 Å². The Labute approximate surface area is 174 Å². The quantitative estimate of drug-likeness (QED) is 0.608. The maximum Gasteiger partial charge on any atom is 0.214 e. The number of hydrazone groups is 1. The van der Waals surface area contributed by atoms with Crippen molar-refractivity contribution in [3.05, 3.63) is 89.2 Å². The van der Waals surface area contributed by atoms with Gasteiger partial charge < -0.3 is 14.2 Å². The van der Waals surface area contributed by atoms with Crippen molar-refractivity contribution in [2.24, 2.45) is 5.10 Å². The van der Waals surface area contributed by atoms with E-state index in [2.05, 4.69) is 0 Å². The second-order valence-electron chi connectivity index (χ2n) is 7.28. The number of nitrogens with zero attached hydrogens (tertiary/aromatic N) is 2. The minimum absolute atomic E-state index is 0.00370. The lowest BCUT2D eigenvalue weighted by Crippen LogP contribution is -2.33. The van der Waals surface area contributed by atoms with Gasteiger partial charge in [0.1, 0.15) is 11.6 Å². The summed E-state index contributed by atoms with van der Waals surface area (Å²) in [6, 6.07) is 20.1. The fraction of sp³-hybridized carbons (Fsp3) is 0.208. The molecule has 6 heteroatoms. The third-order valence-electron chi connectivity index (χ3n) is 5.58. The molecule has 0 aliphatic carbocycles. The Hall–Kier alpha value is -3.54. The Morgan fingerprint density at radius 1 is 0.967 bits per heavy atom. The molecule has 3 aromatic rings. The average Bonchev–Trinajstić information content (AvgIpc) is 3.24. The maximum atomic E-state index is 13.4. The normalized spacial score (nSPS) is 19.4. The highest BCUT2D eigenvalue weighted by Crippen LogP contribution is 2.50. The SMILES string of the molecule is COc1ccc([C@@H]2Oc3c(OC)cccc3[C@H]3CC(c4ccc(F)cc4)=NN32)cc1. The van der Waals surface area contributed by atoms with Gasteiger partial charge in [-0.1, -0.05) is 24.3 Å². The van der Waals surface area contributed by atoms with E-state index in [1.807, 2.05) is 47.5 Å². The van der Waals surface area contributed by atoms with Crippen LogP contribution < -0.4 is 14.2 Å². The largest absolute Gasteiger partial charge is 0.497 e. The third kappa shape index (κ3) is 3.05. The molecule has 0 aromatic heterocycles. The summed E-state index contributed by atoms with van der Waals surface area (Å²) in [5.41, 5.74) is 3.79. The van der Waals surface area contributed by atoms with Gasteiger partial charge in [-0.05, 0) is 48.0 Å². The van der Waals surface area contributed by atoms with Gasteiger partial charge in [-0.25, -0.2) is 9.40 Å². The van der Waals surface area contributed by atoms with Crippen molar-refractivity contribution >= 4 is 5.71 Å². The average molecular weight is 404 g/mol. The predicted molar refractivity (Wildman–Crippen MR) is 111 cm³/mol. The fourth-order valence-electron chi connectivity index (χ4n) is 4.05. The molecule has 2 aliphatic rings. The maximum absolute atomic E-state index is 13.4. The molecule has 2 atom stereocenters. The van der Waals surface area contributed by atoms with E-state index in [4.69, 9.17) is 19.3 Å². The van der Waals surface area contributed by atoms with Crippen LogP contribution in [0.25, 0.3) is 0 Å². The number of para-hydroxylation sites is 1. The number of hydrogen-bond donors (Lipinski definition) is 0. The Morgan fingerprint density at radius 3 is 2.43 bits per heavy atom. The second kappa shape index (κ2) is 7.37. The van der Waals surface area contributed by atoms with Gasteiger partial charge in [-0.3, -0.25) is 0 Å². The molecule has 3 aromatic carbocycles. The smallest absolute Gasteiger partial charge is 0.214 e. The molecular formula is C24H21FN2O3. The van der Waals surface area contributed by atoms with E-state index in [-0.39, 0.29) is 11.9 Å². The number of hydrogen-bond acceptors (Lipinski definition) is 5. The topological polar surface area (TPSA) is 43.3 Å². The summed E-state index contributed by atoms with van der Waals surface area (Å²) in [4.78, 5) is 0. The van der Waals surface area contributed by atoms with Crippen molar-refractivity contribution in [3.8, 4) is 17.2 Å². The van der Waals surface area contributed by atoms with Crippen molar-refractivity contribution in [1.82, 2.24) is 5.01 Å². The molecule has 152 valence electrons. The minimum Gasteiger partial charge on any atom is -0.497 e. The summed E-state index contributed by atoms with van der Waals surface area (Å²) in [6.45, 7) is 0. The van der Waals surface area contributed by atoms with Crippen LogP contribution in [0, 0.1) is 5.82 Å². The van der Waals surface area contributed by atoms with Crippen LogP contribution in [0.2, 0.25) is 0 Å². The minimum atomic E-state index is -0.414. The highest BCUT2D eigenvalue weighted by atomic mass is 19.1. The first-order chi connectivity index (χ1) is 14.7. The van der Waals surface area contributed by atoms with Gasteiger partial charge in [0.05, 0.1) is 26.0 Å². The Kier molecular flexibility index (Phi) is 4.54. The van der Waals surface area contributed by atoms with Gasteiger partial charge in [0.25, 0.3) is 0 Å². The van der Waals surface area contributed by atoms with E-state index in [0.717, 1.165) is 33.9 Å². The van der Waals surface area contributed by atoms with Crippen LogP contribution in [-0.2, 0) is 0 Å². The number of methoxy groups -OCH3 is 2. The van der Waals surface area contributed by atoms with Crippen LogP contribution >= 0.6 is 0 Å². The number of fused-ring (bicyclic) bond motifs is 3. The molecule has 5 nitrogen and oxygen atoms in total. The summed E-state index contributed by atoms with van der Waals surface area (Å²) >= 11 is 0. The van der Waals surface area contributed by atoms with Crippen molar-refractivity contribution < 1.29 is 18.6 Å². The van der Waals surface area contributed by atoms with Gasteiger partial charge in [0.15, 0.2) is 11.5 Å². The van der Waals surface area contributed by atoms with Crippen LogP contribution in [0.1, 0.15) is 35.4 Å². The van der Waals surface area contributed by atoms with E-state index in [9.17, 15) is 4.39 Å². The molecule has 0 spiro atoms. The van der Waals surface area contributed by atoms with Crippen molar-refractivity contribution in [2.45, 2.75) is 18.7 Å². The standard InChI is InChI=1S/C24H21FN2O3/c1-28-18-12-8-16(9-13-18)24-27-21(19-4-3-5-22(29-2)23(19)30-24)14-20(26-27)15-6-10-17(25)11-7-15/h3-13,21,24H,14H2,1-2H3/t21-,24+/m1/s1. The van der Waals surface area contributed by atoms with Crippen molar-refractivity contribution in [1.29, 1.82) is 0 Å². The lowest BCUT2D eigenvalue weighted by Gasteiger charge is -2.38. The molecular weight excluding hydrogens is 383 g/mol. The van der Waals surface area contributed by atoms with Crippen LogP contribution in [0.15, 0.2) is 71.8 Å². The van der Waals surface area contributed by atoms with E-state index < -0.39 is 6.23 Å². The molecule has 30 heavy (non-hydrogen) atoms. The third-order valence-corrected chi connectivity index (χ3v) is 5.58. The van der Waals surface area contributed by atoms with Gasteiger partial charge >= 0.3 is 0 Å². The van der Waals surface area contributed by atoms with Gasteiger partial charge in [-0.15, -0.1) is 0 Å². The summed E-state index contributed by atoms with van der Waals surface area (Å²) in [5.74, 6) is 1.95. The summed E-state index contributed by atoms with van der Waals surface area (Å²) in [6.07, 6.45) is 0.282. The molecule has 0 N–H and O–H groups in total. The van der Waals surface area contributed by atoms with Gasteiger partial charge in [0.2, 0.25) is 6.23 Å². The summed E-state index contributed by atoms with van der Waals surface area (Å²) < 4.78 is 30.7. The molecule has 0 bridgehead atoms.